The number of hydrogen-bond donors (Lipinski definition) is 2. The van der Waals surface area contributed by atoms with E-state index in [9.17, 15) is 9.90 Å². The van der Waals surface area contributed by atoms with Gasteiger partial charge < -0.3 is 10.4 Å². The highest BCUT2D eigenvalue weighted by molar-refractivity contribution is 5.76. The van der Waals surface area contributed by atoms with Gasteiger partial charge in [0, 0.05) is 19.4 Å². The molecular weight excluding hydrogens is 166 g/mol. The summed E-state index contributed by atoms with van der Waals surface area (Å²) >= 11 is 0. The molecule has 0 bridgehead atoms. The summed E-state index contributed by atoms with van der Waals surface area (Å²) in [6, 6.07) is 0. The second-order valence-electron chi connectivity index (χ2n) is 3.32. The Hall–Kier alpha value is -1.01. The van der Waals surface area contributed by atoms with Crippen LogP contribution in [0, 0.1) is 18.3 Å². The number of terminal acetylenes is 1. The van der Waals surface area contributed by atoms with E-state index in [1.54, 1.807) is 0 Å². The van der Waals surface area contributed by atoms with E-state index in [1.165, 1.54) is 0 Å². The van der Waals surface area contributed by atoms with E-state index in [-0.39, 0.29) is 11.8 Å². The Labute approximate surface area is 79.5 Å². The van der Waals surface area contributed by atoms with Crippen molar-refractivity contribution in [2.75, 3.05) is 6.54 Å². The lowest BCUT2D eigenvalue weighted by Crippen LogP contribution is -2.34. The Bertz CT molecular complexity index is 194. The van der Waals surface area contributed by atoms with Gasteiger partial charge in [-0.1, -0.05) is 13.8 Å². The maximum atomic E-state index is 11.0. The fourth-order valence-corrected chi connectivity index (χ4v) is 0.728. The number of aliphatic hydroxyl groups is 1. The molecule has 1 unspecified atom stereocenters. The average molecular weight is 183 g/mol. The van der Waals surface area contributed by atoms with Gasteiger partial charge in [-0.2, -0.15) is 0 Å². The first-order chi connectivity index (χ1) is 6.07. The Kier molecular flexibility index (Phi) is 5.99. The fraction of sp³-hybridized carbons (Fsp3) is 0.700. The van der Waals surface area contributed by atoms with Crippen LogP contribution in [0.15, 0.2) is 0 Å². The Morgan fingerprint density at radius 2 is 2.23 bits per heavy atom. The fourth-order valence-electron chi connectivity index (χ4n) is 0.728. The predicted molar refractivity (Wildman–Crippen MR) is 51.9 cm³/mol. The van der Waals surface area contributed by atoms with Crippen LogP contribution in [0.5, 0.6) is 0 Å². The van der Waals surface area contributed by atoms with E-state index in [4.69, 9.17) is 6.42 Å². The lowest BCUT2D eigenvalue weighted by atomic mass is 10.1. The normalized spacial score (nSPS) is 12.2. The average Bonchev–Trinajstić information content (AvgIpc) is 2.10. The summed E-state index contributed by atoms with van der Waals surface area (Å²) in [5.74, 6) is 2.45. The van der Waals surface area contributed by atoms with E-state index in [0.717, 1.165) is 0 Å². The van der Waals surface area contributed by atoms with Crippen LogP contribution in [-0.4, -0.2) is 23.7 Å². The summed E-state index contributed by atoms with van der Waals surface area (Å²) in [4.78, 5) is 11.0. The van der Waals surface area contributed by atoms with Gasteiger partial charge in [0.05, 0.1) is 6.10 Å². The Balaban J connectivity index is 3.53. The van der Waals surface area contributed by atoms with Gasteiger partial charge in [-0.15, -0.1) is 12.3 Å². The molecule has 3 heteroatoms. The highest BCUT2D eigenvalue weighted by atomic mass is 16.3. The molecule has 74 valence electrons. The number of amides is 1. The van der Waals surface area contributed by atoms with Crippen molar-refractivity contribution in [3.8, 4) is 12.3 Å². The number of aliphatic hydroxyl groups excluding tert-OH is 1. The minimum absolute atomic E-state index is 0.0994. The van der Waals surface area contributed by atoms with Crippen LogP contribution in [0.2, 0.25) is 0 Å². The van der Waals surface area contributed by atoms with Gasteiger partial charge in [0.1, 0.15) is 0 Å². The molecule has 0 spiro atoms. The molecule has 1 amide bonds. The van der Waals surface area contributed by atoms with Gasteiger partial charge in [-0.3, -0.25) is 4.79 Å². The lowest BCUT2D eigenvalue weighted by Gasteiger charge is -2.14. The maximum Gasteiger partial charge on any atom is 0.221 e. The number of hydrogen-bond acceptors (Lipinski definition) is 2. The third-order valence-corrected chi connectivity index (χ3v) is 1.77. The van der Waals surface area contributed by atoms with Gasteiger partial charge in [-0.25, -0.2) is 0 Å². The first kappa shape index (κ1) is 12.0. The summed E-state index contributed by atoms with van der Waals surface area (Å²) < 4.78 is 0. The van der Waals surface area contributed by atoms with Crippen molar-refractivity contribution in [1.29, 1.82) is 0 Å². The van der Waals surface area contributed by atoms with Crippen molar-refractivity contribution < 1.29 is 9.90 Å². The standard InChI is InChI=1S/C10H17NO2/c1-4-5-6-10(13)11-7-9(12)8(2)3/h1,8-9,12H,5-7H2,2-3H3,(H,11,13). The highest BCUT2D eigenvalue weighted by Crippen LogP contribution is 1.99. The number of nitrogens with one attached hydrogen (secondary N) is 1. The number of rotatable bonds is 5. The van der Waals surface area contributed by atoms with Crippen molar-refractivity contribution in [2.45, 2.75) is 32.8 Å². The summed E-state index contributed by atoms with van der Waals surface area (Å²) in [6.45, 7) is 4.11. The molecule has 1 atom stereocenters. The van der Waals surface area contributed by atoms with Crippen molar-refractivity contribution in [1.82, 2.24) is 5.32 Å². The minimum Gasteiger partial charge on any atom is -0.391 e. The third-order valence-electron chi connectivity index (χ3n) is 1.77. The maximum absolute atomic E-state index is 11.0. The molecule has 0 fully saturated rings. The van der Waals surface area contributed by atoms with Crippen LogP contribution >= 0.6 is 0 Å². The molecule has 0 radical (unpaired) electrons. The second kappa shape index (κ2) is 6.50. The van der Waals surface area contributed by atoms with Crippen LogP contribution in [0.3, 0.4) is 0 Å². The van der Waals surface area contributed by atoms with E-state index in [2.05, 4.69) is 11.2 Å². The molecule has 0 heterocycles. The first-order valence-corrected chi connectivity index (χ1v) is 4.46. The first-order valence-electron chi connectivity index (χ1n) is 4.46. The summed E-state index contributed by atoms with van der Waals surface area (Å²) in [7, 11) is 0. The molecule has 0 saturated heterocycles. The molecule has 0 aromatic rings. The SMILES string of the molecule is C#CCCC(=O)NCC(O)C(C)C. The monoisotopic (exact) mass is 183 g/mol. The van der Waals surface area contributed by atoms with Gasteiger partial charge >= 0.3 is 0 Å². The molecule has 2 N–H and O–H groups in total. The van der Waals surface area contributed by atoms with Gasteiger partial charge in [0.15, 0.2) is 0 Å². The molecule has 3 nitrogen and oxygen atoms in total. The van der Waals surface area contributed by atoms with Gasteiger partial charge in [0.2, 0.25) is 5.91 Å². The largest absolute Gasteiger partial charge is 0.391 e. The second-order valence-corrected chi connectivity index (χ2v) is 3.32. The smallest absolute Gasteiger partial charge is 0.221 e. The van der Waals surface area contributed by atoms with Crippen LogP contribution in [-0.2, 0) is 4.79 Å². The molecule has 0 aliphatic carbocycles. The lowest BCUT2D eigenvalue weighted by molar-refractivity contribution is -0.121. The third kappa shape index (κ3) is 6.18. The molecule has 0 aliphatic heterocycles. The van der Waals surface area contributed by atoms with Gasteiger partial charge in [-0.05, 0) is 5.92 Å². The highest BCUT2D eigenvalue weighted by Gasteiger charge is 2.09. The zero-order chi connectivity index (χ0) is 10.3. The Morgan fingerprint density at radius 1 is 1.62 bits per heavy atom. The quantitative estimate of drug-likeness (QED) is 0.611. The molecule has 0 rings (SSSR count). The predicted octanol–water partition coefficient (Wildman–Crippen LogP) is 0.533. The van der Waals surface area contributed by atoms with Crippen LogP contribution < -0.4 is 5.32 Å². The van der Waals surface area contributed by atoms with E-state index < -0.39 is 6.10 Å². The number of carbonyl (C=O) groups excluding carboxylic acids is 1. The number of carbonyl (C=O) groups is 1. The molecule has 0 aliphatic rings. The zero-order valence-electron chi connectivity index (χ0n) is 8.21. The van der Waals surface area contributed by atoms with Crippen LogP contribution in [0.25, 0.3) is 0 Å². The van der Waals surface area contributed by atoms with Crippen LogP contribution in [0.1, 0.15) is 26.7 Å². The summed E-state index contributed by atoms with van der Waals surface area (Å²) in [5, 5.41) is 12.0. The van der Waals surface area contributed by atoms with Crippen molar-refractivity contribution in [3.63, 3.8) is 0 Å². The Morgan fingerprint density at radius 3 is 2.69 bits per heavy atom. The molecule has 0 saturated carbocycles. The van der Waals surface area contributed by atoms with Crippen molar-refractivity contribution in [3.05, 3.63) is 0 Å². The van der Waals surface area contributed by atoms with E-state index in [1.807, 2.05) is 13.8 Å². The van der Waals surface area contributed by atoms with E-state index in [0.29, 0.717) is 19.4 Å². The minimum atomic E-state index is -0.477. The van der Waals surface area contributed by atoms with E-state index >= 15 is 0 Å². The summed E-state index contributed by atoms with van der Waals surface area (Å²) in [6.07, 6.45) is 5.31. The molecular formula is C10H17NO2. The summed E-state index contributed by atoms with van der Waals surface area (Å²) in [5.41, 5.74) is 0. The van der Waals surface area contributed by atoms with Crippen LogP contribution in [0.4, 0.5) is 0 Å². The molecule has 13 heavy (non-hydrogen) atoms. The topological polar surface area (TPSA) is 49.3 Å². The zero-order valence-corrected chi connectivity index (χ0v) is 8.21. The molecule has 0 aromatic carbocycles. The van der Waals surface area contributed by atoms with Crippen molar-refractivity contribution >= 4 is 5.91 Å². The molecule has 0 aromatic heterocycles. The van der Waals surface area contributed by atoms with Crippen molar-refractivity contribution in [2.24, 2.45) is 5.92 Å². The van der Waals surface area contributed by atoms with Gasteiger partial charge in [0.25, 0.3) is 0 Å².